The van der Waals surface area contributed by atoms with Crippen molar-refractivity contribution < 1.29 is 4.74 Å². The zero-order chi connectivity index (χ0) is 13.1. The smallest absolute Gasteiger partial charge is 0.0750 e. The summed E-state index contributed by atoms with van der Waals surface area (Å²) in [6.07, 6.45) is 2.72. The monoisotopic (exact) mass is 312 g/mol. The molecule has 3 nitrogen and oxygen atoms in total. The van der Waals surface area contributed by atoms with Crippen molar-refractivity contribution in [1.29, 1.82) is 0 Å². The first-order valence-electron chi connectivity index (χ1n) is 6.45. The van der Waals surface area contributed by atoms with Crippen LogP contribution in [0.15, 0.2) is 22.7 Å². The van der Waals surface area contributed by atoms with Crippen molar-refractivity contribution >= 4 is 21.6 Å². The molecule has 1 aromatic carbocycles. The van der Waals surface area contributed by atoms with Crippen LogP contribution in [0, 0.1) is 0 Å². The van der Waals surface area contributed by atoms with Crippen molar-refractivity contribution in [2.45, 2.75) is 31.9 Å². The lowest BCUT2D eigenvalue weighted by Crippen LogP contribution is -2.28. The molecule has 0 bridgehead atoms. The maximum Gasteiger partial charge on any atom is 0.0750 e. The Morgan fingerprint density at radius 3 is 2.89 bits per heavy atom. The molecule has 18 heavy (non-hydrogen) atoms. The van der Waals surface area contributed by atoms with E-state index >= 15 is 0 Å². The first kappa shape index (κ1) is 13.8. The van der Waals surface area contributed by atoms with Crippen LogP contribution >= 0.6 is 15.9 Å². The third kappa shape index (κ3) is 3.25. The van der Waals surface area contributed by atoms with Crippen LogP contribution in [0.4, 0.5) is 5.69 Å². The highest BCUT2D eigenvalue weighted by atomic mass is 79.9. The third-order valence-corrected chi connectivity index (χ3v) is 4.05. The number of anilines is 1. The Morgan fingerprint density at radius 2 is 2.33 bits per heavy atom. The standard InChI is InChI=1S/C14H21BrN2O/c1-10(16)11-5-6-14(13(15)8-11)17(2)9-12-4-3-7-18-12/h5-6,8,10,12H,3-4,7,9,16H2,1-2H3. The number of rotatable bonds is 4. The topological polar surface area (TPSA) is 38.5 Å². The van der Waals surface area contributed by atoms with Gasteiger partial charge in [-0.25, -0.2) is 0 Å². The molecule has 0 radical (unpaired) electrons. The Kier molecular flexibility index (Phi) is 4.65. The van der Waals surface area contributed by atoms with E-state index in [1.807, 2.05) is 6.92 Å². The van der Waals surface area contributed by atoms with Gasteiger partial charge in [0.2, 0.25) is 0 Å². The Morgan fingerprint density at radius 1 is 1.56 bits per heavy atom. The average molecular weight is 313 g/mol. The van der Waals surface area contributed by atoms with E-state index in [-0.39, 0.29) is 6.04 Å². The van der Waals surface area contributed by atoms with Gasteiger partial charge in [0.15, 0.2) is 0 Å². The van der Waals surface area contributed by atoms with Crippen molar-refractivity contribution in [2.75, 3.05) is 25.1 Å². The van der Waals surface area contributed by atoms with Gasteiger partial charge in [-0.05, 0) is 53.4 Å². The summed E-state index contributed by atoms with van der Waals surface area (Å²) in [5.41, 5.74) is 8.23. The lowest BCUT2D eigenvalue weighted by atomic mass is 10.1. The van der Waals surface area contributed by atoms with Crippen LogP contribution in [0.3, 0.4) is 0 Å². The van der Waals surface area contributed by atoms with E-state index in [0.29, 0.717) is 6.10 Å². The SMILES string of the molecule is CC(N)c1ccc(N(C)CC2CCCO2)c(Br)c1. The molecule has 2 N–H and O–H groups in total. The molecule has 2 unspecified atom stereocenters. The molecule has 0 aromatic heterocycles. The van der Waals surface area contributed by atoms with E-state index in [4.69, 9.17) is 10.5 Å². The quantitative estimate of drug-likeness (QED) is 0.928. The van der Waals surface area contributed by atoms with Gasteiger partial charge in [-0.3, -0.25) is 0 Å². The number of nitrogens with two attached hydrogens (primary N) is 1. The van der Waals surface area contributed by atoms with Crippen molar-refractivity contribution in [1.82, 2.24) is 0 Å². The number of hydrogen-bond acceptors (Lipinski definition) is 3. The highest BCUT2D eigenvalue weighted by Crippen LogP contribution is 2.29. The number of benzene rings is 1. The summed E-state index contributed by atoms with van der Waals surface area (Å²) in [7, 11) is 2.10. The average Bonchev–Trinajstić information content (AvgIpc) is 2.81. The summed E-state index contributed by atoms with van der Waals surface area (Å²) in [6.45, 7) is 3.84. The van der Waals surface area contributed by atoms with E-state index in [1.165, 1.54) is 18.5 Å². The number of halogens is 1. The van der Waals surface area contributed by atoms with Crippen LogP contribution in [-0.4, -0.2) is 26.3 Å². The number of likely N-dealkylation sites (N-methyl/N-ethyl adjacent to an activating group) is 1. The van der Waals surface area contributed by atoms with Gasteiger partial charge in [0, 0.05) is 30.7 Å². The van der Waals surface area contributed by atoms with E-state index in [0.717, 1.165) is 23.2 Å². The van der Waals surface area contributed by atoms with Gasteiger partial charge in [0.25, 0.3) is 0 Å². The third-order valence-electron chi connectivity index (χ3n) is 3.41. The van der Waals surface area contributed by atoms with E-state index in [1.54, 1.807) is 0 Å². The van der Waals surface area contributed by atoms with E-state index in [2.05, 4.69) is 46.1 Å². The van der Waals surface area contributed by atoms with Crippen molar-refractivity contribution in [3.05, 3.63) is 28.2 Å². The molecule has 0 spiro atoms. The summed E-state index contributed by atoms with van der Waals surface area (Å²) in [4.78, 5) is 2.24. The minimum atomic E-state index is 0.0684. The Labute approximate surface area is 117 Å². The normalized spacial score (nSPS) is 21.0. The van der Waals surface area contributed by atoms with Gasteiger partial charge >= 0.3 is 0 Å². The van der Waals surface area contributed by atoms with Gasteiger partial charge in [0.05, 0.1) is 11.8 Å². The molecule has 4 heteroatoms. The van der Waals surface area contributed by atoms with Gasteiger partial charge in [0.1, 0.15) is 0 Å². The van der Waals surface area contributed by atoms with Crippen LogP contribution in [0.5, 0.6) is 0 Å². The highest BCUT2D eigenvalue weighted by molar-refractivity contribution is 9.10. The van der Waals surface area contributed by atoms with E-state index in [9.17, 15) is 0 Å². The van der Waals surface area contributed by atoms with Gasteiger partial charge in [-0.1, -0.05) is 6.07 Å². The zero-order valence-corrected chi connectivity index (χ0v) is 12.6. The molecular weight excluding hydrogens is 292 g/mol. The molecule has 0 aliphatic carbocycles. The van der Waals surface area contributed by atoms with E-state index < -0.39 is 0 Å². The number of ether oxygens (including phenoxy) is 1. The molecular formula is C14H21BrN2O. The molecule has 1 aliphatic rings. The van der Waals surface area contributed by atoms with Crippen LogP contribution in [0.25, 0.3) is 0 Å². The maximum atomic E-state index is 5.89. The predicted molar refractivity (Wildman–Crippen MR) is 79.0 cm³/mol. The number of hydrogen-bond donors (Lipinski definition) is 1. The Bertz CT molecular complexity index is 403. The second-order valence-electron chi connectivity index (χ2n) is 5.02. The summed E-state index contributed by atoms with van der Waals surface area (Å²) in [6, 6.07) is 6.39. The van der Waals surface area contributed by atoms with Gasteiger partial charge < -0.3 is 15.4 Å². The van der Waals surface area contributed by atoms with Crippen molar-refractivity contribution in [2.24, 2.45) is 5.73 Å². The molecule has 1 saturated heterocycles. The zero-order valence-electron chi connectivity index (χ0n) is 11.0. The lowest BCUT2D eigenvalue weighted by molar-refractivity contribution is 0.116. The summed E-state index contributed by atoms with van der Waals surface area (Å²) >= 11 is 3.63. The second-order valence-corrected chi connectivity index (χ2v) is 5.87. The molecule has 0 amide bonds. The summed E-state index contributed by atoms with van der Waals surface area (Å²) in [5.74, 6) is 0. The Balaban J connectivity index is 2.07. The predicted octanol–water partition coefficient (Wildman–Crippen LogP) is 3.08. The van der Waals surface area contributed by atoms with Gasteiger partial charge in [-0.15, -0.1) is 0 Å². The first-order valence-corrected chi connectivity index (χ1v) is 7.25. The van der Waals surface area contributed by atoms with Crippen molar-refractivity contribution in [3.63, 3.8) is 0 Å². The maximum absolute atomic E-state index is 5.89. The van der Waals surface area contributed by atoms with Crippen LogP contribution in [-0.2, 0) is 4.74 Å². The molecule has 2 atom stereocenters. The second kappa shape index (κ2) is 6.04. The summed E-state index contributed by atoms with van der Waals surface area (Å²) in [5, 5.41) is 0. The Hall–Kier alpha value is -0.580. The minimum absolute atomic E-state index is 0.0684. The molecule has 100 valence electrons. The van der Waals surface area contributed by atoms with Crippen LogP contribution in [0.2, 0.25) is 0 Å². The largest absolute Gasteiger partial charge is 0.376 e. The fourth-order valence-corrected chi connectivity index (χ4v) is 3.01. The van der Waals surface area contributed by atoms with Crippen LogP contribution in [0.1, 0.15) is 31.4 Å². The fourth-order valence-electron chi connectivity index (χ4n) is 2.31. The van der Waals surface area contributed by atoms with Gasteiger partial charge in [-0.2, -0.15) is 0 Å². The molecule has 1 fully saturated rings. The fraction of sp³-hybridized carbons (Fsp3) is 0.571. The first-order chi connectivity index (χ1) is 8.58. The minimum Gasteiger partial charge on any atom is -0.376 e. The molecule has 1 heterocycles. The molecule has 1 aliphatic heterocycles. The van der Waals surface area contributed by atoms with Crippen LogP contribution < -0.4 is 10.6 Å². The highest BCUT2D eigenvalue weighted by Gasteiger charge is 2.18. The molecule has 1 aromatic rings. The van der Waals surface area contributed by atoms with Crippen molar-refractivity contribution in [3.8, 4) is 0 Å². The summed E-state index contributed by atoms with van der Waals surface area (Å²) < 4.78 is 6.77. The number of nitrogens with zero attached hydrogens (tertiary/aromatic N) is 1. The molecule has 2 rings (SSSR count). The molecule has 0 saturated carbocycles. The lowest BCUT2D eigenvalue weighted by Gasteiger charge is -2.24.